The van der Waals surface area contributed by atoms with E-state index in [0.29, 0.717) is 12.0 Å². The third-order valence-corrected chi connectivity index (χ3v) is 8.20. The van der Waals surface area contributed by atoms with E-state index in [1.54, 1.807) is 17.9 Å². The molecule has 0 aromatic carbocycles. The third kappa shape index (κ3) is 3.45. The Kier molecular flexibility index (Phi) is 5.12. The summed E-state index contributed by atoms with van der Waals surface area (Å²) in [6.45, 7) is 2.07. The van der Waals surface area contributed by atoms with Crippen LogP contribution in [0.3, 0.4) is 0 Å². The van der Waals surface area contributed by atoms with Crippen molar-refractivity contribution in [3.63, 3.8) is 0 Å². The lowest BCUT2D eigenvalue weighted by Crippen LogP contribution is -2.56. The molecule has 1 aromatic heterocycles. The molecule has 4 aliphatic rings. The number of aryl methyl sites for hydroxylation is 1. The molecule has 7 heteroatoms. The van der Waals surface area contributed by atoms with Crippen LogP contribution in [-0.4, -0.2) is 58.7 Å². The number of nitrogens with one attached hydrogen (secondary N) is 1. The lowest BCUT2D eigenvalue weighted by Gasteiger charge is -2.43. The van der Waals surface area contributed by atoms with Gasteiger partial charge in [-0.1, -0.05) is 19.3 Å². The van der Waals surface area contributed by atoms with Gasteiger partial charge in [-0.05, 0) is 63.5 Å². The zero-order chi connectivity index (χ0) is 20.9. The minimum Gasteiger partial charge on any atom is -0.357 e. The van der Waals surface area contributed by atoms with Crippen LogP contribution >= 0.6 is 0 Å². The van der Waals surface area contributed by atoms with Crippen molar-refractivity contribution >= 4 is 17.5 Å². The maximum Gasteiger partial charge on any atom is 0.243 e. The zero-order valence-corrected chi connectivity index (χ0v) is 18.3. The molecule has 1 atom stereocenters. The number of nitrogens with zero attached hydrogens (tertiary/aromatic N) is 4. The molecule has 1 unspecified atom stereocenters. The molecule has 7 nitrogen and oxygen atoms in total. The van der Waals surface area contributed by atoms with Gasteiger partial charge in [-0.25, -0.2) is 0 Å². The van der Waals surface area contributed by atoms with Crippen LogP contribution in [0.1, 0.15) is 57.8 Å². The molecule has 30 heavy (non-hydrogen) atoms. The van der Waals surface area contributed by atoms with Crippen LogP contribution in [0.5, 0.6) is 0 Å². The highest BCUT2D eigenvalue weighted by Gasteiger charge is 2.76. The van der Waals surface area contributed by atoms with E-state index in [-0.39, 0.29) is 23.1 Å². The predicted octanol–water partition coefficient (Wildman–Crippen LogP) is 2.32. The minimum atomic E-state index is -0.448. The molecule has 0 radical (unpaired) electrons. The van der Waals surface area contributed by atoms with Gasteiger partial charge >= 0.3 is 0 Å². The lowest BCUT2D eigenvalue weighted by molar-refractivity contribution is -0.129. The van der Waals surface area contributed by atoms with E-state index in [4.69, 9.17) is 0 Å². The molecule has 1 N–H and O–H groups in total. The SMILES string of the molecule is CNC(=O)C(C1CCN(C2CCCCC2)CC1)N(C(=O)C12CC1C2)c1cnn(C)c1. The van der Waals surface area contributed by atoms with Gasteiger partial charge in [-0.2, -0.15) is 5.10 Å². The van der Waals surface area contributed by atoms with Gasteiger partial charge in [-0.15, -0.1) is 0 Å². The third-order valence-electron chi connectivity index (χ3n) is 8.20. The first-order valence-electron chi connectivity index (χ1n) is 11.8. The summed E-state index contributed by atoms with van der Waals surface area (Å²) in [5.74, 6) is 0.824. The first kappa shape index (κ1) is 20.0. The van der Waals surface area contributed by atoms with Gasteiger partial charge in [0.05, 0.1) is 17.3 Å². The molecule has 2 heterocycles. The number of carbonyl (C=O) groups excluding carboxylic acids is 2. The van der Waals surface area contributed by atoms with Crippen molar-refractivity contribution in [1.82, 2.24) is 20.0 Å². The number of likely N-dealkylation sites (tertiary alicyclic amines) is 1. The fourth-order valence-corrected chi connectivity index (χ4v) is 5.96. The number of rotatable bonds is 6. The van der Waals surface area contributed by atoms with E-state index in [2.05, 4.69) is 15.3 Å². The van der Waals surface area contributed by atoms with Crippen molar-refractivity contribution in [3.05, 3.63) is 12.4 Å². The normalized spacial score (nSPS) is 30.4. The Bertz CT molecular complexity index is 800. The highest BCUT2D eigenvalue weighted by molar-refractivity contribution is 6.06. The molecule has 2 amide bonds. The zero-order valence-electron chi connectivity index (χ0n) is 18.3. The summed E-state index contributed by atoms with van der Waals surface area (Å²) in [5, 5.41) is 7.17. The number of hydrogen-bond acceptors (Lipinski definition) is 4. The van der Waals surface area contributed by atoms with Crippen LogP contribution in [0, 0.1) is 17.3 Å². The molecule has 1 aliphatic heterocycles. The van der Waals surface area contributed by atoms with Crippen LogP contribution in [0.25, 0.3) is 0 Å². The molecule has 4 fully saturated rings. The summed E-state index contributed by atoms with van der Waals surface area (Å²) in [6.07, 6.45) is 14.2. The second-order valence-corrected chi connectivity index (χ2v) is 10.0. The fourth-order valence-electron chi connectivity index (χ4n) is 5.96. The Morgan fingerprint density at radius 3 is 2.37 bits per heavy atom. The molecule has 1 aromatic rings. The number of aromatic nitrogens is 2. The van der Waals surface area contributed by atoms with E-state index in [1.165, 1.54) is 32.1 Å². The molecule has 3 aliphatic carbocycles. The van der Waals surface area contributed by atoms with E-state index < -0.39 is 6.04 Å². The maximum absolute atomic E-state index is 13.6. The fraction of sp³-hybridized carbons (Fsp3) is 0.783. The summed E-state index contributed by atoms with van der Waals surface area (Å²) < 4.78 is 1.72. The topological polar surface area (TPSA) is 70.5 Å². The largest absolute Gasteiger partial charge is 0.357 e. The van der Waals surface area contributed by atoms with Crippen molar-refractivity contribution in [3.8, 4) is 0 Å². The van der Waals surface area contributed by atoms with Gasteiger partial charge in [0.1, 0.15) is 6.04 Å². The lowest BCUT2D eigenvalue weighted by atomic mass is 9.85. The average molecular weight is 414 g/mol. The molecular weight excluding hydrogens is 378 g/mol. The van der Waals surface area contributed by atoms with Crippen LogP contribution in [0.15, 0.2) is 12.4 Å². The Labute approximate surface area is 179 Å². The number of hydrogen-bond donors (Lipinski definition) is 1. The summed E-state index contributed by atoms with van der Waals surface area (Å²) in [7, 11) is 3.55. The van der Waals surface area contributed by atoms with Crippen molar-refractivity contribution in [2.24, 2.45) is 24.3 Å². The Balaban J connectivity index is 1.37. The van der Waals surface area contributed by atoms with Gasteiger partial charge in [0.25, 0.3) is 0 Å². The molecule has 0 spiro atoms. The number of piperidine rings is 1. The van der Waals surface area contributed by atoms with Crippen LogP contribution in [-0.2, 0) is 16.6 Å². The van der Waals surface area contributed by atoms with Crippen molar-refractivity contribution < 1.29 is 9.59 Å². The van der Waals surface area contributed by atoms with Crippen LogP contribution < -0.4 is 10.2 Å². The molecule has 5 rings (SSSR count). The van der Waals surface area contributed by atoms with E-state index in [9.17, 15) is 9.59 Å². The Morgan fingerprint density at radius 2 is 1.83 bits per heavy atom. The monoisotopic (exact) mass is 413 g/mol. The molecule has 1 saturated heterocycles. The maximum atomic E-state index is 13.6. The first-order valence-corrected chi connectivity index (χ1v) is 11.8. The Hall–Kier alpha value is -1.89. The number of fused-ring (bicyclic) bond motifs is 1. The smallest absolute Gasteiger partial charge is 0.243 e. The highest BCUT2D eigenvalue weighted by Crippen LogP contribution is 2.76. The summed E-state index contributed by atoms with van der Waals surface area (Å²) >= 11 is 0. The second kappa shape index (κ2) is 7.66. The van der Waals surface area contributed by atoms with Crippen LogP contribution in [0.4, 0.5) is 5.69 Å². The number of anilines is 1. The quantitative estimate of drug-likeness (QED) is 0.777. The van der Waals surface area contributed by atoms with Gasteiger partial charge in [0.15, 0.2) is 0 Å². The van der Waals surface area contributed by atoms with Crippen molar-refractivity contribution in [2.75, 3.05) is 25.0 Å². The standard InChI is InChI=1S/C23H35N5O2/c1-24-21(29)20(16-8-10-27(11-9-16)18-6-4-3-5-7-18)28(19-14-25-26(2)15-19)22(30)23-12-17(23)13-23/h14-18,20H,3-13H2,1-2H3,(H,24,29). The van der Waals surface area contributed by atoms with Crippen LogP contribution in [0.2, 0.25) is 0 Å². The summed E-state index contributed by atoms with van der Waals surface area (Å²) in [4.78, 5) is 31.2. The van der Waals surface area contributed by atoms with E-state index in [1.807, 2.05) is 18.1 Å². The van der Waals surface area contributed by atoms with E-state index in [0.717, 1.165) is 44.5 Å². The molecule has 0 bridgehead atoms. The number of amides is 2. The van der Waals surface area contributed by atoms with Crippen molar-refractivity contribution in [1.29, 1.82) is 0 Å². The average Bonchev–Trinajstić information content (AvgIpc) is 3.62. The van der Waals surface area contributed by atoms with Gasteiger partial charge in [0, 0.05) is 26.3 Å². The van der Waals surface area contributed by atoms with E-state index >= 15 is 0 Å². The molecule has 164 valence electrons. The number of likely N-dealkylation sites (N-methyl/N-ethyl adjacent to an activating group) is 1. The highest BCUT2D eigenvalue weighted by atomic mass is 16.2. The first-order chi connectivity index (χ1) is 14.5. The molecule has 3 saturated carbocycles. The van der Waals surface area contributed by atoms with Gasteiger partial charge < -0.3 is 10.2 Å². The number of carbonyl (C=O) groups is 2. The Morgan fingerprint density at radius 1 is 1.17 bits per heavy atom. The summed E-state index contributed by atoms with van der Waals surface area (Å²) in [6, 6.07) is 0.267. The minimum absolute atomic E-state index is 0.0439. The second-order valence-electron chi connectivity index (χ2n) is 10.0. The molecular formula is C23H35N5O2. The van der Waals surface area contributed by atoms with Crippen molar-refractivity contribution in [2.45, 2.75) is 69.9 Å². The van der Waals surface area contributed by atoms with Gasteiger partial charge in [0.2, 0.25) is 11.8 Å². The predicted molar refractivity (Wildman–Crippen MR) is 115 cm³/mol. The summed E-state index contributed by atoms with van der Waals surface area (Å²) in [5.41, 5.74) is 0.586. The van der Waals surface area contributed by atoms with Gasteiger partial charge in [-0.3, -0.25) is 19.2 Å².